The first-order chi connectivity index (χ1) is 8.17. The Hall–Kier alpha value is -1.30. The van der Waals surface area contributed by atoms with Crippen LogP contribution in [0.4, 0.5) is 4.79 Å². The van der Waals surface area contributed by atoms with Crippen molar-refractivity contribution >= 4 is 11.9 Å². The molecule has 0 aromatic heterocycles. The molecule has 3 N–H and O–H groups in total. The Morgan fingerprint density at radius 2 is 2.00 bits per heavy atom. The Kier molecular flexibility index (Phi) is 5.76. The fourth-order valence-electron chi connectivity index (χ4n) is 2.19. The van der Waals surface area contributed by atoms with Crippen molar-refractivity contribution in [3.05, 3.63) is 0 Å². The highest BCUT2D eigenvalue weighted by Crippen LogP contribution is 2.22. The van der Waals surface area contributed by atoms with Gasteiger partial charge in [0.1, 0.15) is 0 Å². The van der Waals surface area contributed by atoms with Crippen molar-refractivity contribution in [1.82, 2.24) is 15.7 Å². The van der Waals surface area contributed by atoms with Gasteiger partial charge in [-0.3, -0.25) is 10.0 Å². The van der Waals surface area contributed by atoms with Crippen LogP contribution in [-0.2, 0) is 4.79 Å². The Morgan fingerprint density at radius 3 is 2.53 bits per heavy atom. The first-order valence-corrected chi connectivity index (χ1v) is 6.07. The van der Waals surface area contributed by atoms with Gasteiger partial charge in [0.2, 0.25) is 5.91 Å². The minimum Gasteiger partial charge on any atom is -0.341 e. The molecule has 17 heavy (non-hydrogen) atoms. The van der Waals surface area contributed by atoms with Gasteiger partial charge in [-0.05, 0) is 31.6 Å². The smallest absolute Gasteiger partial charge is 0.317 e. The van der Waals surface area contributed by atoms with Crippen LogP contribution in [0, 0.1) is 5.92 Å². The highest BCUT2D eigenvalue weighted by atomic mass is 16.5. The largest absolute Gasteiger partial charge is 0.341 e. The molecule has 3 amide bonds. The standard InChI is InChI=1S/C11H21N3O3/c1-12-11(16)14-7-5-9(6-8-14)3-2-4-10(15)13-17/h9,17H,2-8H2,1H3,(H,12,16)(H,13,15). The monoisotopic (exact) mass is 243 g/mol. The first kappa shape index (κ1) is 13.8. The summed E-state index contributed by atoms with van der Waals surface area (Å²) in [5.41, 5.74) is 1.63. The molecule has 1 aliphatic rings. The van der Waals surface area contributed by atoms with Gasteiger partial charge in [-0.2, -0.15) is 0 Å². The van der Waals surface area contributed by atoms with E-state index in [4.69, 9.17) is 5.21 Å². The van der Waals surface area contributed by atoms with Crippen LogP contribution in [0.2, 0.25) is 0 Å². The number of carbonyl (C=O) groups excluding carboxylic acids is 2. The summed E-state index contributed by atoms with van der Waals surface area (Å²) in [6.07, 6.45) is 4.13. The number of piperidine rings is 1. The number of hydroxylamine groups is 1. The molecule has 0 atom stereocenters. The minimum absolute atomic E-state index is 0.0110. The molecule has 6 heteroatoms. The molecule has 0 aromatic carbocycles. The van der Waals surface area contributed by atoms with E-state index in [0.717, 1.165) is 38.8 Å². The second-order valence-electron chi connectivity index (χ2n) is 4.41. The van der Waals surface area contributed by atoms with E-state index in [9.17, 15) is 9.59 Å². The number of amides is 3. The highest BCUT2D eigenvalue weighted by Gasteiger charge is 2.21. The summed E-state index contributed by atoms with van der Waals surface area (Å²) in [5.74, 6) is 0.259. The van der Waals surface area contributed by atoms with Gasteiger partial charge in [0.15, 0.2) is 0 Å². The lowest BCUT2D eigenvalue weighted by Crippen LogP contribution is -2.43. The van der Waals surface area contributed by atoms with Crippen LogP contribution in [0.3, 0.4) is 0 Å². The van der Waals surface area contributed by atoms with E-state index in [1.54, 1.807) is 12.5 Å². The van der Waals surface area contributed by atoms with E-state index >= 15 is 0 Å². The lowest BCUT2D eigenvalue weighted by atomic mass is 9.91. The topological polar surface area (TPSA) is 81.7 Å². The number of rotatable bonds is 4. The number of urea groups is 1. The van der Waals surface area contributed by atoms with Gasteiger partial charge >= 0.3 is 6.03 Å². The van der Waals surface area contributed by atoms with Crippen molar-refractivity contribution in [3.8, 4) is 0 Å². The van der Waals surface area contributed by atoms with Crippen LogP contribution in [0.15, 0.2) is 0 Å². The van der Waals surface area contributed by atoms with Crippen LogP contribution in [0.1, 0.15) is 32.1 Å². The summed E-state index contributed by atoms with van der Waals surface area (Å²) >= 11 is 0. The maximum Gasteiger partial charge on any atom is 0.317 e. The number of nitrogens with one attached hydrogen (secondary N) is 2. The average molecular weight is 243 g/mol. The maximum atomic E-state index is 11.3. The quantitative estimate of drug-likeness (QED) is 0.502. The second kappa shape index (κ2) is 7.11. The van der Waals surface area contributed by atoms with Gasteiger partial charge in [-0.25, -0.2) is 10.3 Å². The second-order valence-corrected chi connectivity index (χ2v) is 4.41. The normalized spacial score (nSPS) is 16.7. The third-order valence-corrected chi connectivity index (χ3v) is 3.26. The molecule has 1 aliphatic heterocycles. The summed E-state index contributed by atoms with van der Waals surface area (Å²) < 4.78 is 0. The zero-order valence-electron chi connectivity index (χ0n) is 10.2. The van der Waals surface area contributed by atoms with E-state index in [1.165, 1.54) is 0 Å². The third-order valence-electron chi connectivity index (χ3n) is 3.26. The summed E-state index contributed by atoms with van der Waals surface area (Å²) in [4.78, 5) is 24.0. The Bertz CT molecular complexity index is 260. The Labute approximate surface area is 101 Å². The van der Waals surface area contributed by atoms with Crippen molar-refractivity contribution < 1.29 is 14.8 Å². The molecular weight excluding hydrogens is 222 g/mol. The zero-order valence-corrected chi connectivity index (χ0v) is 10.2. The molecule has 6 nitrogen and oxygen atoms in total. The molecule has 0 spiro atoms. The van der Waals surface area contributed by atoms with Crippen molar-refractivity contribution in [2.24, 2.45) is 5.92 Å². The van der Waals surface area contributed by atoms with E-state index in [1.807, 2.05) is 4.90 Å². The summed E-state index contributed by atoms with van der Waals surface area (Å²) in [6.45, 7) is 1.58. The molecule has 1 saturated heterocycles. The van der Waals surface area contributed by atoms with E-state index in [-0.39, 0.29) is 11.9 Å². The fourth-order valence-corrected chi connectivity index (χ4v) is 2.19. The van der Waals surface area contributed by atoms with E-state index in [0.29, 0.717) is 12.3 Å². The van der Waals surface area contributed by atoms with Gasteiger partial charge in [0, 0.05) is 26.6 Å². The molecule has 0 aromatic rings. The van der Waals surface area contributed by atoms with Gasteiger partial charge < -0.3 is 10.2 Å². The number of hydrogen-bond acceptors (Lipinski definition) is 3. The molecule has 0 bridgehead atoms. The third kappa shape index (κ3) is 4.60. The maximum absolute atomic E-state index is 11.3. The van der Waals surface area contributed by atoms with E-state index in [2.05, 4.69) is 5.32 Å². The molecule has 1 rings (SSSR count). The minimum atomic E-state index is -0.326. The highest BCUT2D eigenvalue weighted by molar-refractivity contribution is 5.74. The summed E-state index contributed by atoms with van der Waals surface area (Å²) in [7, 11) is 1.64. The number of hydrogen-bond donors (Lipinski definition) is 3. The number of nitrogens with zero attached hydrogens (tertiary/aromatic N) is 1. The van der Waals surface area contributed by atoms with Crippen molar-refractivity contribution in [3.63, 3.8) is 0 Å². The van der Waals surface area contributed by atoms with Crippen LogP contribution in [0.25, 0.3) is 0 Å². The predicted octanol–water partition coefficient (Wildman–Crippen LogP) is 0.713. The van der Waals surface area contributed by atoms with Gasteiger partial charge in [0.05, 0.1) is 0 Å². The fraction of sp³-hybridized carbons (Fsp3) is 0.818. The molecule has 0 saturated carbocycles. The van der Waals surface area contributed by atoms with Crippen LogP contribution >= 0.6 is 0 Å². The number of likely N-dealkylation sites (tertiary alicyclic amines) is 1. The van der Waals surface area contributed by atoms with Gasteiger partial charge in [-0.1, -0.05) is 0 Å². The van der Waals surface area contributed by atoms with Crippen molar-refractivity contribution in [2.75, 3.05) is 20.1 Å². The SMILES string of the molecule is CNC(=O)N1CCC(CCCC(=O)NO)CC1. The predicted molar refractivity (Wildman–Crippen MR) is 62.5 cm³/mol. The summed E-state index contributed by atoms with van der Waals surface area (Å²) in [6, 6.07) is -0.0110. The Morgan fingerprint density at radius 1 is 1.35 bits per heavy atom. The van der Waals surface area contributed by atoms with E-state index < -0.39 is 0 Å². The van der Waals surface area contributed by atoms with Crippen molar-refractivity contribution in [1.29, 1.82) is 0 Å². The first-order valence-electron chi connectivity index (χ1n) is 6.07. The average Bonchev–Trinajstić information content (AvgIpc) is 2.38. The lowest BCUT2D eigenvalue weighted by Gasteiger charge is -2.31. The molecular formula is C11H21N3O3. The molecule has 0 radical (unpaired) electrons. The molecule has 98 valence electrons. The van der Waals surface area contributed by atoms with Crippen LogP contribution in [-0.4, -0.2) is 42.2 Å². The Balaban J connectivity index is 2.15. The molecule has 1 fully saturated rings. The lowest BCUT2D eigenvalue weighted by molar-refractivity contribution is -0.129. The van der Waals surface area contributed by atoms with Crippen LogP contribution < -0.4 is 10.8 Å². The van der Waals surface area contributed by atoms with Crippen LogP contribution in [0.5, 0.6) is 0 Å². The number of carbonyl (C=O) groups is 2. The van der Waals surface area contributed by atoms with Gasteiger partial charge in [-0.15, -0.1) is 0 Å². The summed E-state index contributed by atoms with van der Waals surface area (Å²) in [5, 5.41) is 11.0. The molecule has 0 unspecified atom stereocenters. The van der Waals surface area contributed by atoms with Gasteiger partial charge in [0.25, 0.3) is 0 Å². The zero-order chi connectivity index (χ0) is 12.7. The molecule has 1 heterocycles. The van der Waals surface area contributed by atoms with Crippen molar-refractivity contribution in [2.45, 2.75) is 32.1 Å². The molecule has 0 aliphatic carbocycles.